The average Bonchev–Trinajstić information content (AvgIpc) is 3.75. The summed E-state index contributed by atoms with van der Waals surface area (Å²) in [6.45, 7) is 4.64. The van der Waals surface area contributed by atoms with E-state index in [1.807, 2.05) is 0 Å². The van der Waals surface area contributed by atoms with Gasteiger partial charge in [0.25, 0.3) is 0 Å². The van der Waals surface area contributed by atoms with Gasteiger partial charge in [-0.05, 0) is 54.2 Å². The van der Waals surface area contributed by atoms with Gasteiger partial charge < -0.3 is 40.0 Å². The molecule has 1 aromatic heterocycles. The molecule has 49 heavy (non-hydrogen) atoms. The van der Waals surface area contributed by atoms with Crippen LogP contribution >= 0.6 is 0 Å². The first kappa shape index (κ1) is 31.2. The van der Waals surface area contributed by atoms with Gasteiger partial charge in [0, 0.05) is 36.3 Å². The molecule has 0 radical (unpaired) electrons. The van der Waals surface area contributed by atoms with E-state index < -0.39 is 17.8 Å². The second-order valence-electron chi connectivity index (χ2n) is 14.1. The SMILES string of the molecule is COc1c(O)c2c(c([C@@H]3C#C[C@H]4CN(CCN4)c4[nH]c(C5(C)CCCC5)cc4-c4cccc(c4)C3)c1O)OC(c1ccc(O)cc1)CC2=O. The van der Waals surface area contributed by atoms with Gasteiger partial charge in [-0.3, -0.25) is 4.79 Å². The normalized spacial score (nSPS) is 22.4. The zero-order chi connectivity index (χ0) is 33.9. The van der Waals surface area contributed by atoms with Crippen molar-refractivity contribution in [1.29, 1.82) is 0 Å². The molecule has 5 N–H and O–H groups in total. The van der Waals surface area contributed by atoms with Gasteiger partial charge in [0.2, 0.25) is 5.75 Å². The van der Waals surface area contributed by atoms with Gasteiger partial charge >= 0.3 is 0 Å². The van der Waals surface area contributed by atoms with Crippen molar-refractivity contribution < 1.29 is 29.6 Å². The van der Waals surface area contributed by atoms with Crippen LogP contribution in [0.5, 0.6) is 28.7 Å². The number of Topliss-reactive ketones (excluding diaryl/α,β-unsaturated/α-hetero) is 1. The van der Waals surface area contributed by atoms with Gasteiger partial charge in [-0.1, -0.05) is 68.0 Å². The molecular formula is C40H41N3O6. The molecule has 4 heterocycles. The van der Waals surface area contributed by atoms with E-state index in [0.717, 1.165) is 30.0 Å². The van der Waals surface area contributed by atoms with Gasteiger partial charge in [0.05, 0.1) is 31.1 Å². The Morgan fingerprint density at radius 1 is 1.00 bits per heavy atom. The highest BCUT2D eigenvalue weighted by atomic mass is 16.5. The van der Waals surface area contributed by atoms with Crippen molar-refractivity contribution in [2.45, 2.75) is 68.9 Å². The number of aromatic hydroxyl groups is 3. The summed E-state index contributed by atoms with van der Waals surface area (Å²) in [5.41, 5.74) is 5.67. The molecule has 4 aromatic rings. The van der Waals surface area contributed by atoms with E-state index in [2.05, 4.69) is 64.3 Å². The number of methoxy groups -OCH3 is 1. The fourth-order valence-corrected chi connectivity index (χ4v) is 8.17. The van der Waals surface area contributed by atoms with E-state index in [-0.39, 0.29) is 52.2 Å². The minimum Gasteiger partial charge on any atom is -0.508 e. The maximum Gasteiger partial charge on any atom is 0.204 e. The number of nitrogens with zero attached hydrogens (tertiary/aromatic N) is 1. The molecule has 8 rings (SSSR count). The second-order valence-corrected chi connectivity index (χ2v) is 14.1. The van der Waals surface area contributed by atoms with E-state index in [4.69, 9.17) is 9.47 Å². The summed E-state index contributed by atoms with van der Waals surface area (Å²) in [5.74, 6) is 6.39. The predicted molar refractivity (Wildman–Crippen MR) is 187 cm³/mol. The highest BCUT2D eigenvalue weighted by molar-refractivity contribution is 6.04. The number of rotatable bonds is 4. The summed E-state index contributed by atoms with van der Waals surface area (Å²) in [5, 5.41) is 36.4. The zero-order valence-corrected chi connectivity index (χ0v) is 27.8. The molecule has 2 fully saturated rings. The number of ketones is 1. The molecule has 1 unspecified atom stereocenters. The van der Waals surface area contributed by atoms with Crippen LogP contribution in [0.2, 0.25) is 0 Å². The molecule has 1 saturated carbocycles. The molecule has 0 amide bonds. The number of hydrogen-bond acceptors (Lipinski definition) is 8. The number of anilines is 1. The number of fused-ring (bicyclic) bond motifs is 8. The smallest absolute Gasteiger partial charge is 0.204 e. The lowest BCUT2D eigenvalue weighted by molar-refractivity contribution is 0.0840. The van der Waals surface area contributed by atoms with Gasteiger partial charge in [0.15, 0.2) is 17.3 Å². The van der Waals surface area contributed by atoms with Crippen LogP contribution in [0.15, 0.2) is 54.6 Å². The minimum atomic E-state index is -0.689. The fraction of sp³-hybridized carbons (Fsp3) is 0.375. The first-order chi connectivity index (χ1) is 23.7. The quantitative estimate of drug-likeness (QED) is 0.158. The molecule has 252 valence electrons. The number of piperazine rings is 1. The number of hydrogen-bond donors (Lipinski definition) is 5. The molecule has 3 aromatic carbocycles. The van der Waals surface area contributed by atoms with Crippen LogP contribution in [0.3, 0.4) is 0 Å². The minimum absolute atomic E-state index is 0.0202. The van der Waals surface area contributed by atoms with Crippen LogP contribution in [0.4, 0.5) is 5.82 Å². The number of ether oxygens (including phenoxy) is 2. The van der Waals surface area contributed by atoms with E-state index in [9.17, 15) is 20.1 Å². The monoisotopic (exact) mass is 659 g/mol. The Balaban J connectivity index is 1.27. The number of aromatic amines is 1. The number of aromatic nitrogens is 1. The van der Waals surface area contributed by atoms with Crippen molar-refractivity contribution in [3.05, 3.63) is 82.5 Å². The zero-order valence-electron chi connectivity index (χ0n) is 27.8. The molecule has 9 heteroatoms. The predicted octanol–water partition coefficient (Wildman–Crippen LogP) is 6.47. The fourth-order valence-electron chi connectivity index (χ4n) is 8.17. The molecule has 1 aliphatic carbocycles. The molecule has 4 bridgehead atoms. The van der Waals surface area contributed by atoms with Crippen molar-refractivity contribution >= 4 is 11.6 Å². The summed E-state index contributed by atoms with van der Waals surface area (Å²) in [4.78, 5) is 20.0. The number of nitrogens with one attached hydrogen (secondary N) is 2. The highest BCUT2D eigenvalue weighted by Gasteiger charge is 2.39. The summed E-state index contributed by atoms with van der Waals surface area (Å²) in [6, 6.07) is 17.1. The van der Waals surface area contributed by atoms with Crippen LogP contribution in [0, 0.1) is 11.8 Å². The van der Waals surface area contributed by atoms with Crippen molar-refractivity contribution in [2.75, 3.05) is 31.6 Å². The number of phenolic OH excluding ortho intramolecular Hbond substituents is 3. The number of phenols is 3. The molecule has 0 spiro atoms. The Morgan fingerprint density at radius 2 is 1.80 bits per heavy atom. The molecule has 4 aliphatic rings. The Bertz CT molecular complexity index is 2000. The van der Waals surface area contributed by atoms with Gasteiger partial charge in [-0.25, -0.2) is 0 Å². The lowest BCUT2D eigenvalue weighted by Crippen LogP contribution is -2.50. The van der Waals surface area contributed by atoms with E-state index in [1.165, 1.54) is 44.1 Å². The third kappa shape index (κ3) is 5.44. The first-order valence-corrected chi connectivity index (χ1v) is 17.2. The number of benzene rings is 3. The van der Waals surface area contributed by atoms with Gasteiger partial charge in [0.1, 0.15) is 29.0 Å². The van der Waals surface area contributed by atoms with Crippen molar-refractivity contribution in [3.63, 3.8) is 0 Å². The number of carbonyl (C=O) groups excluding carboxylic acids is 1. The standard InChI is InChI=1S/C40H41N3O6/c1-40(14-3-4-15-40)32-20-29-25-7-5-6-23(18-25)19-26(8-11-27-22-43(17-16-41-27)39(29)42-32)33-35(46)38(48-2)36(47)34-30(45)21-31(49-37(33)34)24-9-12-28(44)13-10-24/h5-7,9-10,12-13,18,20,26-27,31,41-42,44,46-47H,3-4,14-17,19,21-22H2,1-2H3/t26-,27+,31?/m1/s1. The van der Waals surface area contributed by atoms with E-state index >= 15 is 0 Å². The van der Waals surface area contributed by atoms with Crippen LogP contribution in [0.1, 0.15) is 83.8 Å². The van der Waals surface area contributed by atoms with Crippen LogP contribution in [0.25, 0.3) is 11.1 Å². The Morgan fingerprint density at radius 3 is 2.57 bits per heavy atom. The Labute approximate surface area is 285 Å². The molecule has 9 nitrogen and oxygen atoms in total. The van der Waals surface area contributed by atoms with E-state index in [1.54, 1.807) is 24.3 Å². The largest absolute Gasteiger partial charge is 0.508 e. The maximum atomic E-state index is 13.7. The topological polar surface area (TPSA) is 127 Å². The average molecular weight is 660 g/mol. The molecule has 1 saturated heterocycles. The first-order valence-electron chi connectivity index (χ1n) is 17.2. The number of H-pyrrole nitrogens is 1. The van der Waals surface area contributed by atoms with Crippen molar-refractivity contribution in [1.82, 2.24) is 10.3 Å². The Hall–Kier alpha value is -5.07. The van der Waals surface area contributed by atoms with Crippen LogP contribution in [-0.4, -0.2) is 58.9 Å². The summed E-state index contributed by atoms with van der Waals surface area (Å²) >= 11 is 0. The van der Waals surface area contributed by atoms with Gasteiger partial charge in [-0.15, -0.1) is 0 Å². The van der Waals surface area contributed by atoms with Crippen LogP contribution in [-0.2, 0) is 11.8 Å². The van der Waals surface area contributed by atoms with Crippen molar-refractivity contribution in [2.24, 2.45) is 0 Å². The highest BCUT2D eigenvalue weighted by Crippen LogP contribution is 2.54. The lowest BCUT2D eigenvalue weighted by Gasteiger charge is -2.34. The molecule has 3 aliphatic heterocycles. The Kier molecular flexibility index (Phi) is 7.72. The number of carbonyl (C=O) groups is 1. The summed E-state index contributed by atoms with van der Waals surface area (Å²) < 4.78 is 12.0. The summed E-state index contributed by atoms with van der Waals surface area (Å²) in [7, 11) is 1.35. The molecule has 3 atom stereocenters. The molecular weight excluding hydrogens is 618 g/mol. The maximum absolute atomic E-state index is 13.7. The third-order valence-electron chi connectivity index (χ3n) is 10.9. The third-order valence-corrected chi connectivity index (χ3v) is 10.9. The second kappa shape index (κ2) is 12.1. The summed E-state index contributed by atoms with van der Waals surface area (Å²) in [6.07, 6.45) is 4.52. The lowest BCUT2D eigenvalue weighted by atomic mass is 9.84. The van der Waals surface area contributed by atoms with Crippen molar-refractivity contribution in [3.8, 4) is 51.7 Å². The van der Waals surface area contributed by atoms with Gasteiger partial charge in [-0.2, -0.15) is 0 Å². The van der Waals surface area contributed by atoms with E-state index in [0.29, 0.717) is 24.1 Å². The van der Waals surface area contributed by atoms with Crippen LogP contribution < -0.4 is 19.7 Å².